The molecule has 1 aromatic carbocycles. The van der Waals surface area contributed by atoms with Crippen molar-refractivity contribution in [2.75, 3.05) is 5.73 Å². The van der Waals surface area contributed by atoms with Gasteiger partial charge in [0.25, 0.3) is 0 Å². The summed E-state index contributed by atoms with van der Waals surface area (Å²) in [5, 5.41) is 9.09. The van der Waals surface area contributed by atoms with Gasteiger partial charge in [-0.2, -0.15) is 18.4 Å². The molecule has 0 bridgehead atoms. The maximum atomic E-state index is 12.9. The highest BCUT2D eigenvalue weighted by Crippen LogP contribution is 2.34. The summed E-state index contributed by atoms with van der Waals surface area (Å²) in [6.07, 6.45) is -4.78. The molecule has 0 aliphatic carbocycles. The van der Waals surface area contributed by atoms with Crippen molar-refractivity contribution in [1.29, 1.82) is 5.26 Å². The first-order valence-corrected chi connectivity index (χ1v) is 7.20. The number of nitrogens with two attached hydrogens (primary N) is 1. The second-order valence-corrected chi connectivity index (χ2v) is 5.45. The Morgan fingerprint density at radius 1 is 1.27 bits per heavy atom. The summed E-state index contributed by atoms with van der Waals surface area (Å²) in [7, 11) is 0. The second kappa shape index (κ2) is 6.42. The summed E-state index contributed by atoms with van der Waals surface area (Å²) in [4.78, 5) is 7.13. The van der Waals surface area contributed by atoms with E-state index < -0.39 is 23.3 Å². The van der Waals surface area contributed by atoms with Gasteiger partial charge in [0.05, 0.1) is 0 Å². The number of alkyl halides is 3. The summed E-state index contributed by atoms with van der Waals surface area (Å²) in [6, 6.07) is 8.30. The Hall–Kier alpha value is -1.98. The van der Waals surface area contributed by atoms with Crippen LogP contribution in [0.5, 0.6) is 0 Å². The standard InChI is InChI=1S/C13H8ClF3N4S/c14-9-4-2-1-3-7(9)6-22-12-20-10(13(15,16)17)8(5-18)11(19)21-12/h1-4H,6H2,(H2,19,20,21). The molecule has 9 heteroatoms. The van der Waals surface area contributed by atoms with Gasteiger partial charge >= 0.3 is 6.18 Å². The van der Waals surface area contributed by atoms with Gasteiger partial charge in [-0.3, -0.25) is 0 Å². The van der Waals surface area contributed by atoms with E-state index in [1.165, 1.54) is 6.07 Å². The molecule has 0 aliphatic heterocycles. The van der Waals surface area contributed by atoms with Gasteiger partial charge in [-0.05, 0) is 11.6 Å². The maximum Gasteiger partial charge on any atom is 0.434 e. The molecular weight excluding hydrogens is 337 g/mol. The van der Waals surface area contributed by atoms with Crippen LogP contribution in [0.3, 0.4) is 0 Å². The van der Waals surface area contributed by atoms with Gasteiger partial charge in [0, 0.05) is 10.8 Å². The molecule has 0 saturated heterocycles. The van der Waals surface area contributed by atoms with Crippen molar-refractivity contribution in [3.8, 4) is 6.07 Å². The Bertz CT molecular complexity index is 743. The van der Waals surface area contributed by atoms with E-state index in [9.17, 15) is 13.2 Å². The molecular formula is C13H8ClF3N4S. The Balaban J connectivity index is 2.32. The number of nitrogen functional groups attached to an aromatic ring is 1. The van der Waals surface area contributed by atoms with Crippen molar-refractivity contribution in [2.24, 2.45) is 0 Å². The maximum absolute atomic E-state index is 12.9. The summed E-state index contributed by atoms with van der Waals surface area (Å²) < 4.78 is 38.7. The predicted molar refractivity (Wildman–Crippen MR) is 77.2 cm³/mol. The fraction of sp³-hybridized carbons (Fsp3) is 0.154. The van der Waals surface area contributed by atoms with E-state index in [0.29, 0.717) is 5.02 Å². The van der Waals surface area contributed by atoms with Crippen LogP contribution in [-0.2, 0) is 11.9 Å². The van der Waals surface area contributed by atoms with E-state index in [0.717, 1.165) is 17.3 Å². The van der Waals surface area contributed by atoms with Crippen molar-refractivity contribution in [1.82, 2.24) is 9.97 Å². The predicted octanol–water partition coefficient (Wildman–Crippen LogP) is 3.89. The second-order valence-electron chi connectivity index (χ2n) is 4.10. The Kier molecular flexibility index (Phi) is 4.78. The molecule has 0 spiro atoms. The smallest absolute Gasteiger partial charge is 0.382 e. The molecule has 22 heavy (non-hydrogen) atoms. The topological polar surface area (TPSA) is 75.6 Å². The van der Waals surface area contributed by atoms with E-state index in [1.807, 2.05) is 0 Å². The molecule has 2 aromatic rings. The number of thioether (sulfide) groups is 1. The molecule has 2 N–H and O–H groups in total. The first-order valence-electron chi connectivity index (χ1n) is 5.84. The quantitative estimate of drug-likeness (QED) is 0.675. The van der Waals surface area contributed by atoms with Gasteiger partial charge in [-0.25, -0.2) is 9.97 Å². The highest BCUT2D eigenvalue weighted by atomic mass is 35.5. The number of nitrogens with zero attached hydrogens (tertiary/aromatic N) is 3. The molecule has 1 aromatic heterocycles. The van der Waals surface area contributed by atoms with Crippen LogP contribution in [0.2, 0.25) is 5.02 Å². The van der Waals surface area contributed by atoms with Crippen molar-refractivity contribution < 1.29 is 13.2 Å². The lowest BCUT2D eigenvalue weighted by atomic mass is 10.2. The van der Waals surface area contributed by atoms with Crippen LogP contribution >= 0.6 is 23.4 Å². The van der Waals surface area contributed by atoms with E-state index in [1.54, 1.807) is 24.3 Å². The van der Waals surface area contributed by atoms with Crippen molar-refractivity contribution >= 4 is 29.2 Å². The lowest BCUT2D eigenvalue weighted by Gasteiger charge is -2.11. The number of nitriles is 1. The molecule has 0 amide bonds. The minimum absolute atomic E-state index is 0.163. The van der Waals surface area contributed by atoms with E-state index in [-0.39, 0.29) is 10.9 Å². The zero-order chi connectivity index (χ0) is 16.3. The number of benzene rings is 1. The Morgan fingerprint density at radius 2 is 1.95 bits per heavy atom. The van der Waals surface area contributed by atoms with Crippen LogP contribution in [0.15, 0.2) is 29.4 Å². The monoisotopic (exact) mass is 344 g/mol. The number of rotatable bonds is 3. The first kappa shape index (κ1) is 16.4. The minimum atomic E-state index is -4.78. The zero-order valence-corrected chi connectivity index (χ0v) is 12.4. The van der Waals surface area contributed by atoms with Gasteiger partial charge in [0.15, 0.2) is 10.9 Å². The summed E-state index contributed by atoms with van der Waals surface area (Å²) >= 11 is 6.93. The van der Waals surface area contributed by atoms with Gasteiger partial charge < -0.3 is 5.73 Å². The molecule has 0 radical (unpaired) electrons. The molecule has 1 heterocycles. The summed E-state index contributed by atoms with van der Waals surface area (Å²) in [5.41, 5.74) is 4.05. The molecule has 0 saturated carbocycles. The summed E-state index contributed by atoms with van der Waals surface area (Å²) in [5.74, 6) is -0.214. The van der Waals surface area contributed by atoms with Gasteiger partial charge in [-0.1, -0.05) is 41.6 Å². The van der Waals surface area contributed by atoms with Crippen LogP contribution in [0.25, 0.3) is 0 Å². The largest absolute Gasteiger partial charge is 0.434 e. The summed E-state index contributed by atoms with van der Waals surface area (Å²) in [6.45, 7) is 0. The third kappa shape index (κ3) is 3.61. The third-order valence-electron chi connectivity index (χ3n) is 2.61. The van der Waals surface area contributed by atoms with Crippen molar-refractivity contribution in [3.63, 3.8) is 0 Å². The van der Waals surface area contributed by atoms with Gasteiger partial charge in [0.1, 0.15) is 17.5 Å². The lowest BCUT2D eigenvalue weighted by molar-refractivity contribution is -0.141. The van der Waals surface area contributed by atoms with Gasteiger partial charge in [0.2, 0.25) is 0 Å². The highest BCUT2D eigenvalue weighted by molar-refractivity contribution is 7.98. The van der Waals surface area contributed by atoms with E-state index >= 15 is 0 Å². The molecule has 2 rings (SSSR count). The molecule has 0 atom stereocenters. The number of hydrogen-bond acceptors (Lipinski definition) is 5. The SMILES string of the molecule is N#Cc1c(N)nc(SCc2ccccc2Cl)nc1C(F)(F)F. The minimum Gasteiger partial charge on any atom is -0.382 e. The van der Waals surface area contributed by atoms with E-state index in [4.69, 9.17) is 22.6 Å². The molecule has 114 valence electrons. The van der Waals surface area contributed by atoms with Crippen LogP contribution in [0.4, 0.5) is 19.0 Å². The van der Waals surface area contributed by atoms with Crippen molar-refractivity contribution in [3.05, 3.63) is 46.1 Å². The fourth-order valence-corrected chi connectivity index (χ4v) is 2.73. The number of anilines is 1. The zero-order valence-electron chi connectivity index (χ0n) is 10.9. The average molecular weight is 345 g/mol. The van der Waals surface area contributed by atoms with Crippen molar-refractivity contribution in [2.45, 2.75) is 17.1 Å². The number of hydrogen-bond donors (Lipinski definition) is 1. The van der Waals surface area contributed by atoms with Crippen LogP contribution < -0.4 is 5.73 Å². The van der Waals surface area contributed by atoms with Gasteiger partial charge in [-0.15, -0.1) is 0 Å². The molecule has 0 unspecified atom stereocenters. The lowest BCUT2D eigenvalue weighted by Crippen LogP contribution is -2.14. The molecule has 0 fully saturated rings. The first-order chi connectivity index (χ1) is 10.3. The molecule has 0 aliphatic rings. The molecule has 4 nitrogen and oxygen atoms in total. The van der Waals surface area contributed by atoms with Crippen LogP contribution in [-0.4, -0.2) is 9.97 Å². The van der Waals surface area contributed by atoms with Crippen LogP contribution in [0, 0.1) is 11.3 Å². The fourth-order valence-electron chi connectivity index (χ4n) is 1.59. The number of aromatic nitrogens is 2. The Morgan fingerprint density at radius 3 is 2.55 bits per heavy atom. The normalized spacial score (nSPS) is 11.2. The highest BCUT2D eigenvalue weighted by Gasteiger charge is 2.37. The van der Waals surface area contributed by atoms with Crippen LogP contribution in [0.1, 0.15) is 16.8 Å². The van der Waals surface area contributed by atoms with E-state index in [2.05, 4.69) is 9.97 Å². The Labute approximate surface area is 133 Å². The third-order valence-corrected chi connectivity index (χ3v) is 3.88. The number of halogens is 4. The average Bonchev–Trinajstić information content (AvgIpc) is 2.45.